The van der Waals surface area contributed by atoms with Gasteiger partial charge in [-0.2, -0.15) is 0 Å². The number of nitrogens with one attached hydrogen (secondary N) is 1. The van der Waals surface area contributed by atoms with Crippen LogP contribution in [0, 0.1) is 0 Å². The van der Waals surface area contributed by atoms with E-state index in [2.05, 4.69) is 9.72 Å². The molecule has 0 spiro atoms. The fourth-order valence-corrected chi connectivity index (χ4v) is 2.20. The van der Waals surface area contributed by atoms with Crippen molar-refractivity contribution in [3.05, 3.63) is 54.7 Å². The van der Waals surface area contributed by atoms with E-state index in [-0.39, 0.29) is 5.75 Å². The van der Waals surface area contributed by atoms with Gasteiger partial charge in [0.05, 0.1) is 0 Å². The Morgan fingerprint density at radius 3 is 2.35 bits per heavy atom. The minimum Gasteiger partial charge on any atom is -0.405 e. The van der Waals surface area contributed by atoms with E-state index in [4.69, 9.17) is 0 Å². The van der Waals surface area contributed by atoms with E-state index in [1.165, 1.54) is 12.1 Å². The van der Waals surface area contributed by atoms with Gasteiger partial charge in [-0.3, -0.25) is 0 Å². The molecule has 3 rings (SSSR count). The second-order valence-electron chi connectivity index (χ2n) is 4.29. The second-order valence-corrected chi connectivity index (χ2v) is 4.29. The SMILES string of the molecule is FC(F)(F)Oc1ccccc1-c1c[nH]c2ccccc12. The van der Waals surface area contributed by atoms with Crippen LogP contribution in [0.5, 0.6) is 5.75 Å². The molecule has 0 saturated heterocycles. The highest BCUT2D eigenvalue weighted by Crippen LogP contribution is 2.37. The van der Waals surface area contributed by atoms with Gasteiger partial charge in [0.15, 0.2) is 0 Å². The zero-order valence-corrected chi connectivity index (χ0v) is 10.2. The predicted molar refractivity (Wildman–Crippen MR) is 70.4 cm³/mol. The topological polar surface area (TPSA) is 25.0 Å². The number of aromatic amines is 1. The van der Waals surface area contributed by atoms with Crippen molar-refractivity contribution in [1.29, 1.82) is 0 Å². The van der Waals surface area contributed by atoms with E-state index < -0.39 is 6.36 Å². The van der Waals surface area contributed by atoms with Gasteiger partial charge in [-0.25, -0.2) is 0 Å². The highest BCUT2D eigenvalue weighted by Gasteiger charge is 2.32. The Morgan fingerprint density at radius 1 is 0.850 bits per heavy atom. The Morgan fingerprint density at radius 2 is 1.55 bits per heavy atom. The van der Waals surface area contributed by atoms with Gasteiger partial charge >= 0.3 is 6.36 Å². The van der Waals surface area contributed by atoms with Crippen LogP contribution in [0.2, 0.25) is 0 Å². The maximum absolute atomic E-state index is 12.4. The summed E-state index contributed by atoms with van der Waals surface area (Å²) in [6.45, 7) is 0. The minimum absolute atomic E-state index is 0.204. The minimum atomic E-state index is -4.71. The first kappa shape index (κ1) is 12.6. The van der Waals surface area contributed by atoms with E-state index in [0.717, 1.165) is 10.9 Å². The number of aromatic nitrogens is 1. The maximum Gasteiger partial charge on any atom is 0.573 e. The molecule has 0 saturated carbocycles. The summed E-state index contributed by atoms with van der Waals surface area (Å²) in [6.07, 6.45) is -3.02. The van der Waals surface area contributed by atoms with E-state index in [9.17, 15) is 13.2 Å². The van der Waals surface area contributed by atoms with Crippen LogP contribution >= 0.6 is 0 Å². The predicted octanol–water partition coefficient (Wildman–Crippen LogP) is 4.73. The molecule has 1 N–H and O–H groups in total. The number of hydrogen-bond acceptors (Lipinski definition) is 1. The molecule has 5 heteroatoms. The van der Waals surface area contributed by atoms with Crippen molar-refractivity contribution in [2.75, 3.05) is 0 Å². The summed E-state index contributed by atoms with van der Waals surface area (Å²) >= 11 is 0. The molecule has 2 aromatic carbocycles. The van der Waals surface area contributed by atoms with Crippen molar-refractivity contribution in [1.82, 2.24) is 4.98 Å². The Kier molecular flexibility index (Phi) is 2.89. The molecule has 0 amide bonds. The number of halogens is 3. The molecule has 0 bridgehead atoms. The van der Waals surface area contributed by atoms with Crippen LogP contribution in [0.25, 0.3) is 22.0 Å². The van der Waals surface area contributed by atoms with Crippen molar-refractivity contribution in [2.24, 2.45) is 0 Å². The average molecular weight is 277 g/mol. The quantitative estimate of drug-likeness (QED) is 0.719. The van der Waals surface area contributed by atoms with Gasteiger partial charge in [0.2, 0.25) is 0 Å². The molecule has 20 heavy (non-hydrogen) atoms. The molecule has 1 heterocycles. The zero-order valence-electron chi connectivity index (χ0n) is 10.2. The van der Waals surface area contributed by atoms with Crippen LogP contribution in [0.15, 0.2) is 54.7 Å². The highest BCUT2D eigenvalue weighted by molar-refractivity contribution is 5.96. The molecule has 3 aromatic rings. The molecule has 0 unspecified atom stereocenters. The fourth-order valence-electron chi connectivity index (χ4n) is 2.20. The van der Waals surface area contributed by atoms with Gasteiger partial charge in [-0.1, -0.05) is 36.4 Å². The Balaban J connectivity index is 2.15. The van der Waals surface area contributed by atoms with Crippen LogP contribution < -0.4 is 4.74 Å². The van der Waals surface area contributed by atoms with Gasteiger partial charge in [0.1, 0.15) is 5.75 Å². The third-order valence-corrected chi connectivity index (χ3v) is 2.99. The molecule has 0 atom stereocenters. The summed E-state index contributed by atoms with van der Waals surface area (Å²) in [5.74, 6) is -0.204. The molecule has 0 aliphatic rings. The normalized spacial score (nSPS) is 11.8. The first-order valence-electron chi connectivity index (χ1n) is 5.96. The summed E-state index contributed by atoms with van der Waals surface area (Å²) in [4.78, 5) is 3.04. The molecule has 0 radical (unpaired) electrons. The summed E-state index contributed by atoms with van der Waals surface area (Å²) in [5, 5.41) is 0.853. The zero-order chi connectivity index (χ0) is 14.2. The highest BCUT2D eigenvalue weighted by atomic mass is 19.4. The molecular formula is C15H10F3NO. The van der Waals surface area contributed by atoms with Gasteiger partial charge in [0, 0.05) is 28.2 Å². The number of alkyl halides is 3. The van der Waals surface area contributed by atoms with Crippen molar-refractivity contribution >= 4 is 10.9 Å². The van der Waals surface area contributed by atoms with Crippen LogP contribution in [-0.4, -0.2) is 11.3 Å². The number of hydrogen-bond donors (Lipinski definition) is 1. The number of ether oxygens (including phenoxy) is 1. The standard InChI is InChI=1S/C15H10F3NO/c16-15(17,18)20-14-8-4-2-6-11(14)12-9-19-13-7-3-1-5-10(12)13/h1-9,19H. The number of benzene rings is 2. The lowest BCUT2D eigenvalue weighted by molar-refractivity contribution is -0.274. The van der Waals surface area contributed by atoms with E-state index in [1.807, 2.05) is 24.3 Å². The van der Waals surface area contributed by atoms with Gasteiger partial charge in [0.25, 0.3) is 0 Å². The summed E-state index contributed by atoms with van der Waals surface area (Å²) < 4.78 is 41.4. The molecule has 2 nitrogen and oxygen atoms in total. The second kappa shape index (κ2) is 4.59. The number of rotatable bonds is 2. The summed E-state index contributed by atoms with van der Waals surface area (Å²) in [7, 11) is 0. The van der Waals surface area contributed by atoms with E-state index in [1.54, 1.807) is 18.3 Å². The van der Waals surface area contributed by atoms with E-state index in [0.29, 0.717) is 11.1 Å². The Labute approximate surface area is 112 Å². The molecule has 0 aliphatic heterocycles. The maximum atomic E-state index is 12.4. The molecular weight excluding hydrogens is 267 g/mol. The monoisotopic (exact) mass is 277 g/mol. The third-order valence-electron chi connectivity index (χ3n) is 2.99. The van der Waals surface area contributed by atoms with Crippen LogP contribution in [0.1, 0.15) is 0 Å². The third kappa shape index (κ3) is 2.34. The molecule has 0 fully saturated rings. The Bertz CT molecular complexity index is 746. The van der Waals surface area contributed by atoms with Gasteiger partial charge in [-0.05, 0) is 12.1 Å². The lowest BCUT2D eigenvalue weighted by atomic mass is 10.0. The largest absolute Gasteiger partial charge is 0.573 e. The molecule has 1 aromatic heterocycles. The molecule has 102 valence electrons. The first-order valence-corrected chi connectivity index (χ1v) is 5.96. The molecule has 0 aliphatic carbocycles. The number of fused-ring (bicyclic) bond motifs is 1. The van der Waals surface area contributed by atoms with Crippen molar-refractivity contribution < 1.29 is 17.9 Å². The first-order chi connectivity index (χ1) is 9.54. The van der Waals surface area contributed by atoms with Crippen molar-refractivity contribution in [3.8, 4) is 16.9 Å². The van der Waals surface area contributed by atoms with E-state index >= 15 is 0 Å². The van der Waals surface area contributed by atoms with Crippen molar-refractivity contribution in [2.45, 2.75) is 6.36 Å². The van der Waals surface area contributed by atoms with Crippen molar-refractivity contribution in [3.63, 3.8) is 0 Å². The van der Waals surface area contributed by atoms with Crippen LogP contribution in [0.3, 0.4) is 0 Å². The number of para-hydroxylation sites is 2. The number of H-pyrrole nitrogens is 1. The average Bonchev–Trinajstić information content (AvgIpc) is 2.81. The lowest BCUT2D eigenvalue weighted by Crippen LogP contribution is -2.17. The van der Waals surface area contributed by atoms with Crippen LogP contribution in [0.4, 0.5) is 13.2 Å². The summed E-state index contributed by atoms with van der Waals surface area (Å²) in [5.41, 5.74) is 1.95. The summed E-state index contributed by atoms with van der Waals surface area (Å²) in [6, 6.07) is 13.5. The smallest absolute Gasteiger partial charge is 0.405 e. The van der Waals surface area contributed by atoms with Gasteiger partial charge in [-0.15, -0.1) is 13.2 Å². The Hall–Kier alpha value is -2.43. The lowest BCUT2D eigenvalue weighted by Gasteiger charge is -2.12. The van der Waals surface area contributed by atoms with Gasteiger partial charge < -0.3 is 9.72 Å². The van der Waals surface area contributed by atoms with Crippen LogP contribution in [-0.2, 0) is 0 Å². The fraction of sp³-hybridized carbons (Fsp3) is 0.0667.